The van der Waals surface area contributed by atoms with Crippen molar-refractivity contribution in [1.29, 1.82) is 0 Å². The van der Waals surface area contributed by atoms with Crippen LogP contribution in [0, 0.1) is 11.6 Å². The average molecular weight is 569 g/mol. The molecule has 2 bridgehead atoms. The second kappa shape index (κ2) is 9.95. The first-order valence-electron chi connectivity index (χ1n) is 15.1. The quantitative estimate of drug-likeness (QED) is 0.320. The summed E-state index contributed by atoms with van der Waals surface area (Å²) in [5.74, 6) is -0.311. The summed E-state index contributed by atoms with van der Waals surface area (Å²) in [6, 6.07) is 9.54. The Morgan fingerprint density at radius 1 is 1.05 bits per heavy atom. The van der Waals surface area contributed by atoms with Crippen molar-refractivity contribution in [3.8, 4) is 17.3 Å². The molecule has 216 valence electrons. The molecule has 6 heterocycles. The molecule has 4 saturated heterocycles. The smallest absolute Gasteiger partial charge is 0.319 e. The molecule has 2 aromatic heterocycles. The summed E-state index contributed by atoms with van der Waals surface area (Å²) in [5, 5.41) is 5.58. The highest BCUT2D eigenvalue weighted by atomic mass is 19.1. The fraction of sp³-hybridized carbons (Fsp3) is 0.424. The number of hydrogen-bond donors (Lipinski definition) is 1. The monoisotopic (exact) mass is 568 g/mol. The molecular formula is C33H34F2N6O. The van der Waals surface area contributed by atoms with Crippen molar-refractivity contribution in [2.45, 2.75) is 56.1 Å². The van der Waals surface area contributed by atoms with E-state index in [1.807, 2.05) is 12.1 Å². The van der Waals surface area contributed by atoms with Gasteiger partial charge in [0.1, 0.15) is 29.5 Å². The number of pyridine rings is 1. The number of aromatic nitrogens is 3. The zero-order chi connectivity index (χ0) is 28.4. The van der Waals surface area contributed by atoms with E-state index in [9.17, 15) is 4.39 Å². The summed E-state index contributed by atoms with van der Waals surface area (Å²) in [6.07, 6.45) is 9.90. The minimum Gasteiger partial charge on any atom is -0.461 e. The number of piperazine rings is 1. The molecule has 0 saturated carbocycles. The van der Waals surface area contributed by atoms with Crippen LogP contribution >= 0.6 is 0 Å². The van der Waals surface area contributed by atoms with Gasteiger partial charge in [0.15, 0.2) is 5.82 Å². The van der Waals surface area contributed by atoms with Crippen LogP contribution in [0.15, 0.2) is 43.1 Å². The summed E-state index contributed by atoms with van der Waals surface area (Å²) >= 11 is 0. The van der Waals surface area contributed by atoms with E-state index >= 15 is 4.39 Å². The van der Waals surface area contributed by atoms with Crippen molar-refractivity contribution >= 4 is 33.6 Å². The Bertz CT molecular complexity index is 1700. The van der Waals surface area contributed by atoms with Crippen LogP contribution in [0.3, 0.4) is 0 Å². The van der Waals surface area contributed by atoms with Gasteiger partial charge in [-0.3, -0.25) is 9.88 Å². The van der Waals surface area contributed by atoms with Gasteiger partial charge in [0.25, 0.3) is 0 Å². The fourth-order valence-electron chi connectivity index (χ4n) is 7.92. The van der Waals surface area contributed by atoms with Gasteiger partial charge < -0.3 is 15.0 Å². The number of nitrogens with zero attached hydrogens (tertiary/aromatic N) is 5. The minimum atomic E-state index is -0.563. The van der Waals surface area contributed by atoms with Gasteiger partial charge in [0, 0.05) is 47.9 Å². The van der Waals surface area contributed by atoms with Crippen LogP contribution in [0.2, 0.25) is 0 Å². The van der Waals surface area contributed by atoms with Gasteiger partial charge in [-0.25, -0.2) is 8.78 Å². The number of anilines is 1. The van der Waals surface area contributed by atoms with Crippen molar-refractivity contribution in [2.75, 3.05) is 37.7 Å². The van der Waals surface area contributed by atoms with Crippen molar-refractivity contribution in [1.82, 2.24) is 25.2 Å². The van der Waals surface area contributed by atoms with Crippen LogP contribution in [-0.4, -0.2) is 70.3 Å². The van der Waals surface area contributed by atoms with Crippen molar-refractivity contribution in [3.63, 3.8) is 0 Å². The van der Waals surface area contributed by atoms with Crippen LogP contribution in [-0.2, 0) is 0 Å². The molecular weight excluding hydrogens is 534 g/mol. The fourth-order valence-corrected chi connectivity index (χ4v) is 7.92. The summed E-state index contributed by atoms with van der Waals surface area (Å²) in [7, 11) is 0. The van der Waals surface area contributed by atoms with E-state index in [1.54, 1.807) is 18.3 Å². The topological polar surface area (TPSA) is 66.4 Å². The molecule has 2 aromatic carbocycles. The van der Waals surface area contributed by atoms with Gasteiger partial charge in [-0.2, -0.15) is 9.97 Å². The molecule has 4 fully saturated rings. The maximum atomic E-state index is 16.7. The van der Waals surface area contributed by atoms with Crippen LogP contribution in [0.1, 0.15) is 44.1 Å². The molecule has 4 aliphatic heterocycles. The number of halogens is 2. The SMILES string of the molecule is C=Cc1c(F)ccc2cccc(-c3ncc4c(N5CC6CCC(C5)N6)nc(OCC56CCCN5CCC6)nc4c3F)c12. The summed E-state index contributed by atoms with van der Waals surface area (Å²) in [5.41, 5.74) is 1.13. The lowest BCUT2D eigenvalue weighted by Crippen LogP contribution is -2.51. The molecule has 2 atom stereocenters. The Morgan fingerprint density at radius 3 is 2.60 bits per heavy atom. The predicted molar refractivity (Wildman–Crippen MR) is 161 cm³/mol. The number of rotatable bonds is 6. The van der Waals surface area contributed by atoms with Crippen molar-refractivity contribution in [3.05, 3.63) is 60.3 Å². The lowest BCUT2D eigenvalue weighted by atomic mass is 9.95. The first-order chi connectivity index (χ1) is 20.5. The molecule has 4 aromatic rings. The minimum absolute atomic E-state index is 0.0166. The molecule has 7 nitrogen and oxygen atoms in total. The highest BCUT2D eigenvalue weighted by Crippen LogP contribution is 2.40. The number of nitrogens with one attached hydrogen (secondary N) is 1. The van der Waals surface area contributed by atoms with Crippen LogP contribution < -0.4 is 15.0 Å². The third-order valence-corrected chi connectivity index (χ3v) is 9.93. The number of fused-ring (bicyclic) bond motifs is 5. The Balaban J connectivity index is 1.27. The van der Waals surface area contributed by atoms with E-state index in [2.05, 4.69) is 31.7 Å². The van der Waals surface area contributed by atoms with Gasteiger partial charge in [0.2, 0.25) is 0 Å². The lowest BCUT2D eigenvalue weighted by Gasteiger charge is -2.34. The van der Waals surface area contributed by atoms with Crippen LogP contribution in [0.25, 0.3) is 39.0 Å². The summed E-state index contributed by atoms with van der Waals surface area (Å²) in [4.78, 5) is 19.0. The second-order valence-electron chi connectivity index (χ2n) is 12.3. The Kier molecular flexibility index (Phi) is 6.15. The van der Waals surface area contributed by atoms with Crippen molar-refractivity contribution in [2.24, 2.45) is 0 Å². The molecule has 1 N–H and O–H groups in total. The standard InChI is InChI=1S/C33H34F2N6O/c1-2-23-26(34)11-8-20-6-3-7-24(27(20)23)29-28(35)30-25(16-36-29)31(40-17-21-9-10-22(18-40)37-21)39-32(38-30)42-19-33-12-4-14-41(33)15-5-13-33/h2-3,6-8,11,16,21-22,37H,1,4-5,9-10,12-15,17-19H2. The zero-order valence-electron chi connectivity index (χ0n) is 23.6. The Hall–Kier alpha value is -3.69. The molecule has 8 rings (SSSR count). The van der Waals surface area contributed by atoms with E-state index in [-0.39, 0.29) is 22.8 Å². The number of hydrogen-bond acceptors (Lipinski definition) is 7. The van der Waals surface area contributed by atoms with E-state index in [0.717, 1.165) is 57.2 Å². The molecule has 0 aliphatic carbocycles. The summed E-state index contributed by atoms with van der Waals surface area (Å²) in [6.45, 7) is 8.07. The van der Waals surface area contributed by atoms with Crippen LogP contribution in [0.5, 0.6) is 6.01 Å². The van der Waals surface area contributed by atoms with E-state index in [4.69, 9.17) is 9.72 Å². The zero-order valence-corrected chi connectivity index (χ0v) is 23.6. The van der Waals surface area contributed by atoms with Crippen molar-refractivity contribution < 1.29 is 13.5 Å². The average Bonchev–Trinajstić information content (AvgIpc) is 3.69. The third-order valence-electron chi connectivity index (χ3n) is 9.93. The van der Waals surface area contributed by atoms with Gasteiger partial charge in [-0.15, -0.1) is 0 Å². The lowest BCUT2D eigenvalue weighted by molar-refractivity contribution is 0.108. The van der Waals surface area contributed by atoms with Gasteiger partial charge in [0.05, 0.1) is 10.9 Å². The number of ether oxygens (including phenoxy) is 1. The van der Waals surface area contributed by atoms with Gasteiger partial charge in [-0.1, -0.05) is 36.9 Å². The molecule has 0 amide bonds. The van der Waals surface area contributed by atoms with Gasteiger partial charge >= 0.3 is 6.01 Å². The van der Waals surface area contributed by atoms with E-state index in [1.165, 1.54) is 25.0 Å². The van der Waals surface area contributed by atoms with E-state index in [0.29, 0.717) is 46.4 Å². The first-order valence-corrected chi connectivity index (χ1v) is 15.1. The van der Waals surface area contributed by atoms with Crippen LogP contribution in [0.4, 0.5) is 14.6 Å². The molecule has 0 radical (unpaired) electrons. The molecule has 42 heavy (non-hydrogen) atoms. The molecule has 9 heteroatoms. The largest absolute Gasteiger partial charge is 0.461 e. The summed E-state index contributed by atoms with van der Waals surface area (Å²) < 4.78 is 37.9. The second-order valence-corrected chi connectivity index (χ2v) is 12.3. The first kappa shape index (κ1) is 26.0. The highest BCUT2D eigenvalue weighted by Gasteiger charge is 2.45. The Labute approximate surface area is 243 Å². The Morgan fingerprint density at radius 2 is 1.83 bits per heavy atom. The maximum absolute atomic E-state index is 16.7. The number of benzene rings is 2. The third kappa shape index (κ3) is 4.08. The predicted octanol–water partition coefficient (Wildman–Crippen LogP) is 5.71. The molecule has 2 unspecified atom stereocenters. The normalized spacial score (nSPS) is 23.1. The van der Waals surface area contributed by atoms with E-state index < -0.39 is 11.6 Å². The molecule has 0 spiro atoms. The molecule has 4 aliphatic rings. The van der Waals surface area contributed by atoms with Gasteiger partial charge in [-0.05, 0) is 63.1 Å². The highest BCUT2D eigenvalue weighted by molar-refractivity contribution is 6.03. The maximum Gasteiger partial charge on any atom is 0.319 e.